The van der Waals surface area contributed by atoms with Crippen LogP contribution in [-0.2, 0) is 19.6 Å². The summed E-state index contributed by atoms with van der Waals surface area (Å²) in [5, 5.41) is 13.8. The second kappa shape index (κ2) is 13.3. The summed E-state index contributed by atoms with van der Waals surface area (Å²) in [5.74, 6) is -3.02. The lowest BCUT2D eigenvalue weighted by Crippen LogP contribution is -2.43. The summed E-state index contributed by atoms with van der Waals surface area (Å²) in [4.78, 5) is 23.8. The minimum atomic E-state index is -5.08. The molecule has 2 aromatic carbocycles. The Labute approximate surface area is 228 Å². The predicted molar refractivity (Wildman–Crippen MR) is 139 cm³/mol. The van der Waals surface area contributed by atoms with E-state index in [1.807, 2.05) is 0 Å². The molecular formula is C24H28ClF3N4O6S. The number of aliphatic carboxylic acids is 1. The zero-order valence-electron chi connectivity index (χ0n) is 20.6. The maximum atomic E-state index is 13.0. The number of amides is 1. The van der Waals surface area contributed by atoms with Gasteiger partial charge in [-0.25, -0.2) is 13.2 Å². The lowest BCUT2D eigenvalue weighted by Gasteiger charge is -2.31. The van der Waals surface area contributed by atoms with E-state index in [-0.39, 0.29) is 16.9 Å². The minimum Gasteiger partial charge on any atom is -0.475 e. The summed E-state index contributed by atoms with van der Waals surface area (Å²) in [5.41, 5.74) is 1.49. The highest BCUT2D eigenvalue weighted by Crippen LogP contribution is 2.30. The van der Waals surface area contributed by atoms with Crippen LogP contribution in [0.4, 0.5) is 24.5 Å². The first-order valence-corrected chi connectivity index (χ1v) is 13.8. The summed E-state index contributed by atoms with van der Waals surface area (Å²) >= 11 is 5.90. The van der Waals surface area contributed by atoms with Gasteiger partial charge in [0.05, 0.1) is 22.4 Å². The van der Waals surface area contributed by atoms with Crippen LogP contribution in [0.3, 0.4) is 0 Å². The Bertz CT molecular complexity index is 1250. The maximum absolute atomic E-state index is 13.0. The molecule has 0 aromatic heterocycles. The lowest BCUT2D eigenvalue weighted by molar-refractivity contribution is -0.192. The monoisotopic (exact) mass is 592 g/mol. The normalized spacial score (nSPS) is 17.6. The van der Waals surface area contributed by atoms with E-state index >= 15 is 0 Å². The van der Waals surface area contributed by atoms with Gasteiger partial charge in [-0.05, 0) is 55.3 Å². The maximum Gasteiger partial charge on any atom is 0.490 e. The number of rotatable bonds is 7. The van der Waals surface area contributed by atoms with E-state index in [4.69, 9.17) is 26.2 Å². The molecule has 0 spiro atoms. The van der Waals surface area contributed by atoms with Gasteiger partial charge in [-0.3, -0.25) is 9.52 Å². The van der Waals surface area contributed by atoms with Crippen LogP contribution in [0.1, 0.15) is 23.2 Å². The number of carboxylic acid groups (broad SMARTS) is 1. The van der Waals surface area contributed by atoms with Crippen molar-refractivity contribution in [1.29, 1.82) is 0 Å². The Morgan fingerprint density at radius 1 is 1.13 bits per heavy atom. The quantitative estimate of drug-likeness (QED) is 0.385. The third kappa shape index (κ3) is 8.98. The smallest absolute Gasteiger partial charge is 0.475 e. The van der Waals surface area contributed by atoms with Crippen LogP contribution >= 0.6 is 11.6 Å². The van der Waals surface area contributed by atoms with Crippen LogP contribution in [-0.4, -0.2) is 77.0 Å². The average molecular weight is 593 g/mol. The molecule has 10 nitrogen and oxygen atoms in total. The van der Waals surface area contributed by atoms with E-state index in [1.54, 1.807) is 18.2 Å². The minimum absolute atomic E-state index is 0.0296. The number of hydrogen-bond acceptors (Lipinski definition) is 7. The van der Waals surface area contributed by atoms with Crippen molar-refractivity contribution in [2.75, 3.05) is 49.0 Å². The molecule has 2 heterocycles. The molecule has 0 aliphatic carbocycles. The van der Waals surface area contributed by atoms with Crippen molar-refractivity contribution in [3.63, 3.8) is 0 Å². The van der Waals surface area contributed by atoms with Gasteiger partial charge in [0.25, 0.3) is 15.9 Å². The highest BCUT2D eigenvalue weighted by molar-refractivity contribution is 7.92. The lowest BCUT2D eigenvalue weighted by atomic mass is 10.1. The second-order valence-corrected chi connectivity index (χ2v) is 10.8. The number of benzene rings is 2. The molecule has 2 aromatic rings. The van der Waals surface area contributed by atoms with Gasteiger partial charge in [-0.15, -0.1) is 0 Å². The van der Waals surface area contributed by atoms with Gasteiger partial charge in [0, 0.05) is 49.9 Å². The molecule has 0 bridgehead atoms. The number of anilines is 2. The van der Waals surface area contributed by atoms with E-state index < -0.39 is 22.2 Å². The molecule has 39 heavy (non-hydrogen) atoms. The van der Waals surface area contributed by atoms with Gasteiger partial charge in [0.15, 0.2) is 0 Å². The van der Waals surface area contributed by atoms with Crippen LogP contribution in [0.15, 0.2) is 47.4 Å². The number of carbonyl (C=O) groups excluding carboxylic acids is 1. The van der Waals surface area contributed by atoms with Crippen LogP contribution in [0.25, 0.3) is 0 Å². The first-order chi connectivity index (χ1) is 18.4. The van der Waals surface area contributed by atoms with Crippen molar-refractivity contribution in [2.24, 2.45) is 0 Å². The molecule has 1 unspecified atom stereocenters. The largest absolute Gasteiger partial charge is 0.490 e. The molecule has 2 fully saturated rings. The molecule has 214 valence electrons. The SMILES string of the molecule is O=C(NCC1CCCO1)c1ccc(N2CCNCC2)c(NS(=O)(=O)c2ccc(Cl)cc2)c1.O=C(O)C(F)(F)F. The summed E-state index contributed by atoms with van der Waals surface area (Å²) in [6.45, 7) is 4.22. The first kappa shape index (κ1) is 30.5. The van der Waals surface area contributed by atoms with E-state index in [9.17, 15) is 26.4 Å². The van der Waals surface area contributed by atoms with E-state index in [0.29, 0.717) is 22.8 Å². The van der Waals surface area contributed by atoms with Crippen molar-refractivity contribution in [3.8, 4) is 0 Å². The molecule has 0 radical (unpaired) electrons. The number of nitrogens with zero attached hydrogens (tertiary/aromatic N) is 1. The highest BCUT2D eigenvalue weighted by Gasteiger charge is 2.38. The second-order valence-electron chi connectivity index (χ2n) is 8.68. The van der Waals surface area contributed by atoms with E-state index in [1.165, 1.54) is 24.3 Å². The molecule has 2 saturated heterocycles. The molecule has 0 saturated carbocycles. The van der Waals surface area contributed by atoms with Crippen LogP contribution < -0.4 is 20.3 Å². The predicted octanol–water partition coefficient (Wildman–Crippen LogP) is 3.09. The Hall–Kier alpha value is -3.07. The van der Waals surface area contributed by atoms with Crippen molar-refractivity contribution in [1.82, 2.24) is 10.6 Å². The van der Waals surface area contributed by atoms with Crippen LogP contribution in [0.5, 0.6) is 0 Å². The molecule has 4 rings (SSSR count). The number of piperazine rings is 1. The number of halogens is 4. The summed E-state index contributed by atoms with van der Waals surface area (Å²) < 4.78 is 66.0. The molecule has 1 atom stereocenters. The van der Waals surface area contributed by atoms with Crippen molar-refractivity contribution in [2.45, 2.75) is 30.0 Å². The first-order valence-electron chi connectivity index (χ1n) is 11.9. The molecule has 4 N–H and O–H groups in total. The van der Waals surface area contributed by atoms with E-state index in [0.717, 1.165) is 51.3 Å². The number of ether oxygens (including phenoxy) is 1. The Morgan fingerprint density at radius 2 is 1.77 bits per heavy atom. The zero-order valence-corrected chi connectivity index (χ0v) is 22.2. The Morgan fingerprint density at radius 3 is 2.33 bits per heavy atom. The van der Waals surface area contributed by atoms with Crippen LogP contribution in [0.2, 0.25) is 5.02 Å². The van der Waals surface area contributed by atoms with Gasteiger partial charge in [0.1, 0.15) is 0 Å². The van der Waals surface area contributed by atoms with Crippen molar-refractivity contribution < 1.29 is 41.0 Å². The molecular weight excluding hydrogens is 565 g/mol. The number of alkyl halides is 3. The van der Waals surface area contributed by atoms with Crippen LogP contribution in [0, 0.1) is 0 Å². The summed E-state index contributed by atoms with van der Waals surface area (Å²) in [6.07, 6.45) is -3.13. The van der Waals surface area contributed by atoms with E-state index in [2.05, 4.69) is 20.3 Å². The zero-order chi connectivity index (χ0) is 28.6. The molecule has 15 heteroatoms. The number of carbonyl (C=O) groups is 2. The third-order valence-electron chi connectivity index (χ3n) is 5.84. The number of hydrogen-bond donors (Lipinski definition) is 4. The molecule has 1 amide bonds. The highest BCUT2D eigenvalue weighted by atomic mass is 35.5. The fourth-order valence-electron chi connectivity index (χ4n) is 3.87. The summed E-state index contributed by atoms with van der Waals surface area (Å²) in [6, 6.07) is 11.1. The number of carboxylic acids is 1. The van der Waals surface area contributed by atoms with Crippen molar-refractivity contribution >= 4 is 44.9 Å². The third-order valence-corrected chi connectivity index (χ3v) is 7.47. The van der Waals surface area contributed by atoms with Crippen molar-refractivity contribution in [3.05, 3.63) is 53.1 Å². The fourth-order valence-corrected chi connectivity index (χ4v) is 5.06. The van der Waals surface area contributed by atoms with Gasteiger partial charge < -0.3 is 25.4 Å². The molecule has 2 aliphatic heterocycles. The summed E-state index contributed by atoms with van der Waals surface area (Å²) in [7, 11) is -3.86. The fraction of sp³-hybridized carbons (Fsp3) is 0.417. The standard InChI is InChI=1S/C22H27ClN4O4S.C2HF3O2/c23-17-4-6-19(7-5-17)32(29,30)26-20-14-16(22(28)25-15-18-2-1-13-31-18)3-8-21(20)27-11-9-24-10-12-27;3-2(4,5)1(6)7/h3-8,14,18,24,26H,1-2,9-13,15H2,(H,25,28);(H,6,7). The number of sulfonamides is 1. The average Bonchev–Trinajstić information content (AvgIpc) is 3.41. The van der Waals surface area contributed by atoms with Gasteiger partial charge in [-0.1, -0.05) is 11.6 Å². The van der Waals surface area contributed by atoms with Gasteiger partial charge in [0.2, 0.25) is 0 Å². The Balaban J connectivity index is 0.000000532. The molecule has 2 aliphatic rings. The topological polar surface area (TPSA) is 137 Å². The van der Waals surface area contributed by atoms with Gasteiger partial charge in [-0.2, -0.15) is 13.2 Å². The number of nitrogens with one attached hydrogen (secondary N) is 3. The van der Waals surface area contributed by atoms with Gasteiger partial charge >= 0.3 is 12.1 Å². The Kier molecular flexibility index (Phi) is 10.4.